The van der Waals surface area contributed by atoms with Gasteiger partial charge in [-0.05, 0) is 17.3 Å². The third-order valence-electron chi connectivity index (χ3n) is 0.903. The van der Waals surface area contributed by atoms with Crippen LogP contribution < -0.4 is 5.73 Å². The number of anilines is 1. The molecule has 0 aromatic carbocycles. The highest BCUT2D eigenvalue weighted by molar-refractivity contribution is 5.55. The second-order valence-corrected chi connectivity index (χ2v) is 1.51. The molecule has 1 heterocycles. The molecule has 0 unspecified atom stereocenters. The fraction of sp³-hybridized carbons (Fsp3) is 0. The molecule has 0 amide bonds. The van der Waals surface area contributed by atoms with E-state index in [1.165, 1.54) is 6.20 Å². The Labute approximate surface area is 51.7 Å². The summed E-state index contributed by atoms with van der Waals surface area (Å²) in [6.07, 6.45) is 1.47. The van der Waals surface area contributed by atoms with Gasteiger partial charge in [0.25, 0.3) is 0 Å². The molecule has 0 atom stereocenters. The highest BCUT2D eigenvalue weighted by Crippen LogP contribution is 2.15. The van der Waals surface area contributed by atoms with Gasteiger partial charge < -0.3 is 5.73 Å². The minimum Gasteiger partial charge on any atom is -0.396 e. The van der Waals surface area contributed by atoms with Gasteiger partial charge in [0.1, 0.15) is 0 Å². The minimum absolute atomic E-state index is 0.0532. The van der Waals surface area contributed by atoms with Crippen molar-refractivity contribution in [2.45, 2.75) is 0 Å². The summed E-state index contributed by atoms with van der Waals surface area (Å²) in [5.74, 6) is 0.0532. The van der Waals surface area contributed by atoms with Crippen molar-refractivity contribution >= 4 is 11.5 Å². The lowest BCUT2D eigenvalue weighted by atomic mass is 10.4. The lowest BCUT2D eigenvalue weighted by molar-refractivity contribution is 1.27. The summed E-state index contributed by atoms with van der Waals surface area (Å²) in [7, 11) is 0. The summed E-state index contributed by atoms with van der Waals surface area (Å²) >= 11 is 0. The quantitative estimate of drug-likeness (QED) is 0.567. The van der Waals surface area contributed by atoms with E-state index in [0.717, 1.165) is 0 Å². The first-order chi connectivity index (χ1) is 4.34. The smallest absolute Gasteiger partial charge is 0.219 e. The van der Waals surface area contributed by atoms with Gasteiger partial charge in [-0.25, -0.2) is 4.98 Å². The molecule has 0 fully saturated rings. The topological polar surface area (TPSA) is 68.3 Å². The van der Waals surface area contributed by atoms with Crippen LogP contribution in [0.2, 0.25) is 0 Å². The van der Waals surface area contributed by atoms with E-state index in [2.05, 4.69) is 10.2 Å². The average Bonchev–Trinajstić information content (AvgIpc) is 1.89. The molecule has 1 aromatic heterocycles. The van der Waals surface area contributed by atoms with Crippen LogP contribution in [0.15, 0.2) is 23.5 Å². The van der Waals surface area contributed by atoms with Gasteiger partial charge in [0, 0.05) is 6.20 Å². The Morgan fingerprint density at radius 1 is 1.67 bits per heavy atom. The molecule has 0 radical (unpaired) electrons. The van der Waals surface area contributed by atoms with Crippen molar-refractivity contribution < 1.29 is 0 Å². The minimum atomic E-state index is 0.0532. The predicted molar refractivity (Wildman–Crippen MR) is 34.1 cm³/mol. The summed E-state index contributed by atoms with van der Waals surface area (Å²) in [5.41, 5.74) is 5.59. The van der Waals surface area contributed by atoms with Crippen LogP contribution >= 0.6 is 0 Å². The normalized spacial score (nSPS) is 8.89. The standard InChI is InChI=1S/C5H5N3O/c6-4-2-1-3-7-5(4)8-9/h1-3H,6H2. The predicted octanol–water partition coefficient (Wildman–Crippen LogP) is 1.06. The van der Waals surface area contributed by atoms with Crippen LogP contribution in [-0.2, 0) is 0 Å². The molecule has 0 aliphatic rings. The molecule has 0 saturated heterocycles. The van der Waals surface area contributed by atoms with Crippen LogP contribution in [0.4, 0.5) is 11.5 Å². The van der Waals surface area contributed by atoms with Gasteiger partial charge in [0.2, 0.25) is 5.82 Å². The van der Waals surface area contributed by atoms with Crippen LogP contribution in [-0.4, -0.2) is 4.98 Å². The van der Waals surface area contributed by atoms with Gasteiger partial charge >= 0.3 is 0 Å². The molecule has 0 spiro atoms. The average molecular weight is 123 g/mol. The van der Waals surface area contributed by atoms with Crippen molar-refractivity contribution in [2.24, 2.45) is 5.18 Å². The van der Waals surface area contributed by atoms with Crippen LogP contribution in [0.25, 0.3) is 0 Å². The number of pyridine rings is 1. The molecule has 4 nitrogen and oxygen atoms in total. The second kappa shape index (κ2) is 2.21. The molecule has 0 aliphatic carbocycles. The number of rotatable bonds is 1. The van der Waals surface area contributed by atoms with Crippen molar-refractivity contribution in [3.05, 3.63) is 23.2 Å². The SMILES string of the molecule is Nc1cccnc1N=O. The Morgan fingerprint density at radius 3 is 2.89 bits per heavy atom. The number of nitroso groups, excluding NO2 is 1. The van der Waals surface area contributed by atoms with Crippen molar-refractivity contribution in [3.63, 3.8) is 0 Å². The lowest BCUT2D eigenvalue weighted by Gasteiger charge is -1.90. The van der Waals surface area contributed by atoms with Gasteiger partial charge in [-0.1, -0.05) is 0 Å². The highest BCUT2D eigenvalue weighted by Gasteiger charge is 1.94. The van der Waals surface area contributed by atoms with Gasteiger partial charge in [0.15, 0.2) is 0 Å². The van der Waals surface area contributed by atoms with E-state index in [-0.39, 0.29) is 5.82 Å². The molecule has 0 saturated carbocycles. The molecule has 1 rings (SSSR count). The van der Waals surface area contributed by atoms with E-state index in [0.29, 0.717) is 5.69 Å². The maximum absolute atomic E-state index is 9.83. The Balaban J connectivity index is 3.15. The van der Waals surface area contributed by atoms with E-state index in [1.54, 1.807) is 12.1 Å². The van der Waals surface area contributed by atoms with Crippen LogP contribution in [0.3, 0.4) is 0 Å². The van der Waals surface area contributed by atoms with E-state index < -0.39 is 0 Å². The summed E-state index contributed by atoms with van der Waals surface area (Å²) < 4.78 is 0. The van der Waals surface area contributed by atoms with E-state index in [1.807, 2.05) is 0 Å². The van der Waals surface area contributed by atoms with Crippen molar-refractivity contribution in [3.8, 4) is 0 Å². The number of hydrogen-bond donors (Lipinski definition) is 1. The van der Waals surface area contributed by atoms with Crippen molar-refractivity contribution in [2.75, 3.05) is 5.73 Å². The molecule has 2 N–H and O–H groups in total. The number of nitrogen functional groups attached to an aromatic ring is 1. The third kappa shape index (κ3) is 1.02. The maximum atomic E-state index is 9.83. The molecule has 0 aliphatic heterocycles. The Kier molecular flexibility index (Phi) is 1.40. The zero-order valence-electron chi connectivity index (χ0n) is 4.61. The molecular weight excluding hydrogens is 118 g/mol. The number of nitrogens with zero attached hydrogens (tertiary/aromatic N) is 2. The Bertz CT molecular complexity index is 223. The first-order valence-electron chi connectivity index (χ1n) is 2.38. The maximum Gasteiger partial charge on any atom is 0.219 e. The van der Waals surface area contributed by atoms with Crippen LogP contribution in [0.5, 0.6) is 0 Å². The fourth-order valence-electron chi connectivity index (χ4n) is 0.486. The zero-order chi connectivity index (χ0) is 6.69. The largest absolute Gasteiger partial charge is 0.396 e. The Morgan fingerprint density at radius 2 is 2.44 bits per heavy atom. The van der Waals surface area contributed by atoms with Crippen LogP contribution in [0, 0.1) is 4.91 Å². The summed E-state index contributed by atoms with van der Waals surface area (Å²) in [6.45, 7) is 0. The second-order valence-electron chi connectivity index (χ2n) is 1.51. The van der Waals surface area contributed by atoms with E-state index in [4.69, 9.17) is 5.73 Å². The highest BCUT2D eigenvalue weighted by atomic mass is 16.3. The number of nitrogens with two attached hydrogens (primary N) is 1. The Hall–Kier alpha value is -1.45. The summed E-state index contributed by atoms with van der Waals surface area (Å²) in [6, 6.07) is 3.22. The van der Waals surface area contributed by atoms with E-state index in [9.17, 15) is 4.91 Å². The molecule has 4 heteroatoms. The molecule has 46 valence electrons. The molecule has 0 bridgehead atoms. The monoisotopic (exact) mass is 123 g/mol. The van der Waals surface area contributed by atoms with Gasteiger partial charge in [-0.15, -0.1) is 4.91 Å². The molecular formula is C5H5N3O. The molecule has 9 heavy (non-hydrogen) atoms. The van der Waals surface area contributed by atoms with Crippen molar-refractivity contribution in [1.29, 1.82) is 0 Å². The lowest BCUT2D eigenvalue weighted by Crippen LogP contribution is -1.85. The van der Waals surface area contributed by atoms with Crippen LogP contribution in [0.1, 0.15) is 0 Å². The number of aromatic nitrogens is 1. The van der Waals surface area contributed by atoms with Gasteiger partial charge in [-0.3, -0.25) is 0 Å². The summed E-state index contributed by atoms with van der Waals surface area (Å²) in [4.78, 5) is 13.4. The number of hydrogen-bond acceptors (Lipinski definition) is 4. The van der Waals surface area contributed by atoms with E-state index >= 15 is 0 Å². The van der Waals surface area contributed by atoms with Crippen molar-refractivity contribution in [1.82, 2.24) is 4.98 Å². The van der Waals surface area contributed by atoms with Gasteiger partial charge in [-0.2, -0.15) is 0 Å². The summed E-state index contributed by atoms with van der Waals surface area (Å²) in [5, 5.41) is 2.58. The first-order valence-corrected chi connectivity index (χ1v) is 2.38. The zero-order valence-corrected chi connectivity index (χ0v) is 4.61. The van der Waals surface area contributed by atoms with Gasteiger partial charge in [0.05, 0.1) is 5.69 Å². The molecule has 1 aromatic rings. The first kappa shape index (κ1) is 5.68. The fourth-order valence-corrected chi connectivity index (χ4v) is 0.486. The third-order valence-corrected chi connectivity index (χ3v) is 0.903.